The van der Waals surface area contributed by atoms with Crippen LogP contribution in [-0.4, -0.2) is 35.1 Å². The molecule has 0 aromatic heterocycles. The number of hydrogen-bond acceptors (Lipinski definition) is 2. The maximum atomic E-state index is 12.2. The van der Waals surface area contributed by atoms with Crippen LogP contribution in [0, 0.1) is 5.92 Å². The van der Waals surface area contributed by atoms with Gasteiger partial charge in [-0.05, 0) is 30.9 Å². The zero-order valence-electron chi connectivity index (χ0n) is 11.8. The van der Waals surface area contributed by atoms with Gasteiger partial charge in [0.1, 0.15) is 0 Å². The summed E-state index contributed by atoms with van der Waals surface area (Å²) in [7, 11) is 0. The highest BCUT2D eigenvalue weighted by atomic mass is 16.3. The Kier molecular flexibility index (Phi) is 4.59. The number of nitrogens with zero attached hydrogens (tertiary/aromatic N) is 1. The second-order valence-electron chi connectivity index (χ2n) is 5.48. The van der Waals surface area contributed by atoms with E-state index in [2.05, 4.69) is 19.1 Å². The molecule has 0 spiro atoms. The van der Waals surface area contributed by atoms with Gasteiger partial charge >= 0.3 is 0 Å². The molecule has 1 aliphatic heterocycles. The third-order valence-corrected chi connectivity index (χ3v) is 4.05. The van der Waals surface area contributed by atoms with Gasteiger partial charge in [-0.2, -0.15) is 0 Å². The average molecular weight is 261 g/mol. The SMILES string of the molecule is CCc1ccc(CC(=O)N2CCC(C(C)O)C2)cc1. The molecular weight excluding hydrogens is 238 g/mol. The number of likely N-dealkylation sites (tertiary alicyclic amines) is 1. The van der Waals surface area contributed by atoms with Crippen molar-refractivity contribution in [3.8, 4) is 0 Å². The van der Waals surface area contributed by atoms with E-state index in [1.54, 1.807) is 0 Å². The number of amides is 1. The minimum atomic E-state index is -0.318. The molecule has 0 bridgehead atoms. The number of aryl methyl sites for hydroxylation is 1. The lowest BCUT2D eigenvalue weighted by atomic mass is 10.0. The standard InChI is InChI=1S/C16H23NO2/c1-3-13-4-6-14(7-5-13)10-16(19)17-9-8-15(11-17)12(2)18/h4-7,12,15,18H,3,8-11H2,1-2H3. The fraction of sp³-hybridized carbons (Fsp3) is 0.562. The number of carbonyl (C=O) groups excluding carboxylic acids is 1. The molecule has 0 saturated carbocycles. The molecule has 1 heterocycles. The van der Waals surface area contributed by atoms with Crippen LogP contribution in [0.15, 0.2) is 24.3 Å². The number of carbonyl (C=O) groups is 1. The van der Waals surface area contributed by atoms with Crippen molar-refractivity contribution in [1.29, 1.82) is 0 Å². The monoisotopic (exact) mass is 261 g/mol. The molecular formula is C16H23NO2. The highest BCUT2D eigenvalue weighted by Gasteiger charge is 2.28. The molecule has 1 fully saturated rings. The summed E-state index contributed by atoms with van der Waals surface area (Å²) in [6.45, 7) is 5.41. The Morgan fingerprint density at radius 1 is 1.37 bits per heavy atom. The van der Waals surface area contributed by atoms with Gasteiger partial charge in [0.2, 0.25) is 5.91 Å². The van der Waals surface area contributed by atoms with Crippen LogP contribution >= 0.6 is 0 Å². The Morgan fingerprint density at radius 3 is 2.53 bits per heavy atom. The topological polar surface area (TPSA) is 40.5 Å². The highest BCUT2D eigenvalue weighted by molar-refractivity contribution is 5.79. The molecule has 2 unspecified atom stereocenters. The van der Waals surface area contributed by atoms with Crippen LogP contribution in [0.5, 0.6) is 0 Å². The van der Waals surface area contributed by atoms with Gasteiger partial charge in [-0.3, -0.25) is 4.79 Å². The minimum absolute atomic E-state index is 0.174. The van der Waals surface area contributed by atoms with E-state index < -0.39 is 0 Å². The molecule has 3 nitrogen and oxygen atoms in total. The van der Waals surface area contributed by atoms with E-state index in [4.69, 9.17) is 0 Å². The molecule has 1 aromatic rings. The molecule has 0 radical (unpaired) electrons. The number of benzene rings is 1. The van der Waals surface area contributed by atoms with Gasteiger partial charge in [-0.15, -0.1) is 0 Å². The minimum Gasteiger partial charge on any atom is -0.393 e. The molecule has 2 atom stereocenters. The second-order valence-corrected chi connectivity index (χ2v) is 5.48. The Morgan fingerprint density at radius 2 is 2.00 bits per heavy atom. The van der Waals surface area contributed by atoms with Gasteiger partial charge in [-0.25, -0.2) is 0 Å². The van der Waals surface area contributed by atoms with Gasteiger partial charge in [-0.1, -0.05) is 31.2 Å². The van der Waals surface area contributed by atoms with E-state index in [-0.39, 0.29) is 17.9 Å². The number of rotatable bonds is 4. The maximum Gasteiger partial charge on any atom is 0.227 e. The van der Waals surface area contributed by atoms with E-state index in [1.807, 2.05) is 24.0 Å². The fourth-order valence-electron chi connectivity index (χ4n) is 2.59. The Balaban J connectivity index is 1.90. The van der Waals surface area contributed by atoms with Crippen LogP contribution in [-0.2, 0) is 17.6 Å². The quantitative estimate of drug-likeness (QED) is 0.901. The van der Waals surface area contributed by atoms with Crippen LogP contribution in [0.25, 0.3) is 0 Å². The summed E-state index contributed by atoms with van der Waals surface area (Å²) in [5, 5.41) is 9.56. The first kappa shape index (κ1) is 14.1. The third-order valence-electron chi connectivity index (χ3n) is 4.05. The van der Waals surface area contributed by atoms with Gasteiger partial charge in [0.05, 0.1) is 12.5 Å². The zero-order chi connectivity index (χ0) is 13.8. The molecule has 1 saturated heterocycles. The van der Waals surface area contributed by atoms with Gasteiger partial charge in [0, 0.05) is 19.0 Å². The van der Waals surface area contributed by atoms with Crippen molar-refractivity contribution >= 4 is 5.91 Å². The first-order valence-corrected chi connectivity index (χ1v) is 7.13. The number of aliphatic hydroxyl groups excluding tert-OH is 1. The summed E-state index contributed by atoms with van der Waals surface area (Å²) in [5.74, 6) is 0.416. The molecule has 1 N–H and O–H groups in total. The first-order valence-electron chi connectivity index (χ1n) is 7.13. The first-order chi connectivity index (χ1) is 9.10. The maximum absolute atomic E-state index is 12.2. The van der Waals surface area contributed by atoms with Crippen LogP contribution in [0.4, 0.5) is 0 Å². The number of hydrogen-bond donors (Lipinski definition) is 1. The highest BCUT2D eigenvalue weighted by Crippen LogP contribution is 2.20. The van der Waals surface area contributed by atoms with Gasteiger partial charge in [0.25, 0.3) is 0 Å². The van der Waals surface area contributed by atoms with Crippen molar-refractivity contribution < 1.29 is 9.90 Å². The molecule has 1 aliphatic rings. The van der Waals surface area contributed by atoms with Crippen molar-refractivity contribution in [2.75, 3.05) is 13.1 Å². The summed E-state index contributed by atoms with van der Waals surface area (Å²) in [5.41, 5.74) is 2.37. The second kappa shape index (κ2) is 6.20. The Bertz CT molecular complexity index is 425. The lowest BCUT2D eigenvalue weighted by Gasteiger charge is -2.17. The van der Waals surface area contributed by atoms with Gasteiger partial charge in [0.15, 0.2) is 0 Å². The predicted molar refractivity (Wildman–Crippen MR) is 75.9 cm³/mol. The molecule has 19 heavy (non-hydrogen) atoms. The van der Waals surface area contributed by atoms with Crippen LogP contribution < -0.4 is 0 Å². The fourth-order valence-corrected chi connectivity index (χ4v) is 2.59. The van der Waals surface area contributed by atoms with E-state index in [0.29, 0.717) is 13.0 Å². The molecule has 0 aliphatic carbocycles. The summed E-state index contributed by atoms with van der Waals surface area (Å²) >= 11 is 0. The van der Waals surface area contributed by atoms with Crippen molar-refractivity contribution in [2.45, 2.75) is 39.2 Å². The average Bonchev–Trinajstić information content (AvgIpc) is 2.89. The third kappa shape index (κ3) is 3.57. The molecule has 2 rings (SSSR count). The lowest BCUT2D eigenvalue weighted by Crippen LogP contribution is -2.31. The predicted octanol–water partition coefficient (Wildman–Crippen LogP) is 2.02. The molecule has 104 valence electrons. The van der Waals surface area contributed by atoms with E-state index in [1.165, 1.54) is 5.56 Å². The molecule has 1 aromatic carbocycles. The van der Waals surface area contributed by atoms with Crippen molar-refractivity contribution in [3.05, 3.63) is 35.4 Å². The van der Waals surface area contributed by atoms with E-state index in [9.17, 15) is 9.90 Å². The summed E-state index contributed by atoms with van der Waals surface area (Å²) in [6, 6.07) is 8.26. The van der Waals surface area contributed by atoms with Crippen LogP contribution in [0.2, 0.25) is 0 Å². The van der Waals surface area contributed by atoms with E-state index in [0.717, 1.165) is 24.9 Å². The summed E-state index contributed by atoms with van der Waals surface area (Å²) in [6.07, 6.45) is 2.09. The lowest BCUT2D eigenvalue weighted by molar-refractivity contribution is -0.129. The smallest absolute Gasteiger partial charge is 0.227 e. The molecule has 1 amide bonds. The molecule has 3 heteroatoms. The normalized spacial score (nSPS) is 20.6. The Hall–Kier alpha value is -1.35. The van der Waals surface area contributed by atoms with Crippen molar-refractivity contribution in [1.82, 2.24) is 4.90 Å². The van der Waals surface area contributed by atoms with Crippen LogP contribution in [0.3, 0.4) is 0 Å². The van der Waals surface area contributed by atoms with Gasteiger partial charge < -0.3 is 10.0 Å². The summed E-state index contributed by atoms with van der Waals surface area (Å²) < 4.78 is 0. The largest absolute Gasteiger partial charge is 0.393 e. The Labute approximate surface area is 115 Å². The van der Waals surface area contributed by atoms with Crippen molar-refractivity contribution in [2.24, 2.45) is 5.92 Å². The van der Waals surface area contributed by atoms with Crippen molar-refractivity contribution in [3.63, 3.8) is 0 Å². The zero-order valence-corrected chi connectivity index (χ0v) is 11.8. The van der Waals surface area contributed by atoms with E-state index >= 15 is 0 Å². The number of aliphatic hydroxyl groups is 1. The summed E-state index contributed by atoms with van der Waals surface area (Å²) in [4.78, 5) is 14.1. The van der Waals surface area contributed by atoms with Crippen LogP contribution in [0.1, 0.15) is 31.4 Å².